The summed E-state index contributed by atoms with van der Waals surface area (Å²) in [6, 6.07) is 6.03. The van der Waals surface area contributed by atoms with Crippen LogP contribution >= 0.6 is 11.3 Å². The van der Waals surface area contributed by atoms with E-state index in [9.17, 15) is 9.59 Å². The maximum atomic E-state index is 12.2. The number of likely N-dealkylation sites (N-methyl/N-ethyl adjacent to an activating group) is 1. The van der Waals surface area contributed by atoms with Gasteiger partial charge < -0.3 is 15.5 Å². The Morgan fingerprint density at radius 1 is 1.12 bits per heavy atom. The Morgan fingerprint density at radius 2 is 1.76 bits per heavy atom. The van der Waals surface area contributed by atoms with Crippen molar-refractivity contribution in [2.75, 3.05) is 26.0 Å². The van der Waals surface area contributed by atoms with E-state index in [1.54, 1.807) is 11.3 Å². The first-order valence-corrected chi connectivity index (χ1v) is 9.09. The number of nitrogens with zero attached hydrogens (tertiary/aromatic N) is 1. The molecule has 1 aromatic heterocycles. The van der Waals surface area contributed by atoms with Crippen LogP contribution in [0.4, 0.5) is 5.69 Å². The Kier molecular flexibility index (Phi) is 6.33. The summed E-state index contributed by atoms with van der Waals surface area (Å²) in [7, 11) is 3.90. The van der Waals surface area contributed by atoms with E-state index in [0.717, 1.165) is 22.3 Å². The van der Waals surface area contributed by atoms with E-state index >= 15 is 0 Å². The second-order valence-electron chi connectivity index (χ2n) is 6.47. The van der Waals surface area contributed by atoms with Gasteiger partial charge in [-0.2, -0.15) is 11.3 Å². The minimum absolute atomic E-state index is 0.0332. The number of hydrogen-bond acceptors (Lipinski definition) is 4. The first-order chi connectivity index (χ1) is 11.8. The SMILES string of the molecule is Cc1cc(C)c(NC(=O)C(=O)NCC(c2ccsc2)N(C)C)c(C)c1. The van der Waals surface area contributed by atoms with Gasteiger partial charge in [0, 0.05) is 12.2 Å². The molecule has 1 heterocycles. The molecule has 2 aromatic rings. The molecule has 0 fully saturated rings. The Bertz CT molecular complexity index is 731. The number of rotatable bonds is 5. The lowest BCUT2D eigenvalue weighted by Gasteiger charge is -2.23. The van der Waals surface area contributed by atoms with E-state index in [1.165, 1.54) is 0 Å². The number of amides is 2. The molecule has 134 valence electrons. The quantitative estimate of drug-likeness (QED) is 0.807. The summed E-state index contributed by atoms with van der Waals surface area (Å²) in [5.74, 6) is -1.26. The average molecular weight is 359 g/mol. The van der Waals surface area contributed by atoms with Crippen molar-refractivity contribution < 1.29 is 9.59 Å². The molecule has 0 aliphatic carbocycles. The fourth-order valence-corrected chi connectivity index (χ4v) is 3.59. The van der Waals surface area contributed by atoms with Crippen LogP contribution in [0.1, 0.15) is 28.3 Å². The van der Waals surface area contributed by atoms with Crippen LogP contribution in [-0.4, -0.2) is 37.4 Å². The topological polar surface area (TPSA) is 61.4 Å². The molecule has 0 aliphatic heterocycles. The van der Waals surface area contributed by atoms with Crippen LogP contribution in [0.25, 0.3) is 0 Å². The molecule has 0 saturated carbocycles. The molecule has 6 heteroatoms. The number of carbonyl (C=O) groups is 2. The van der Waals surface area contributed by atoms with Crippen molar-refractivity contribution in [3.05, 3.63) is 51.2 Å². The predicted molar refractivity (Wildman–Crippen MR) is 103 cm³/mol. The minimum Gasteiger partial charge on any atom is -0.346 e. The van der Waals surface area contributed by atoms with Crippen LogP contribution in [0.5, 0.6) is 0 Å². The maximum absolute atomic E-state index is 12.2. The molecule has 2 N–H and O–H groups in total. The maximum Gasteiger partial charge on any atom is 0.313 e. The van der Waals surface area contributed by atoms with E-state index in [4.69, 9.17) is 0 Å². The summed E-state index contributed by atoms with van der Waals surface area (Å²) in [4.78, 5) is 26.5. The first kappa shape index (κ1) is 19.1. The normalized spacial score (nSPS) is 12.1. The molecule has 0 bridgehead atoms. The molecule has 2 rings (SSSR count). The van der Waals surface area contributed by atoms with Crippen molar-refractivity contribution in [3.63, 3.8) is 0 Å². The fraction of sp³-hybridized carbons (Fsp3) is 0.368. The molecule has 0 aliphatic rings. The van der Waals surface area contributed by atoms with Gasteiger partial charge in [0.05, 0.1) is 6.04 Å². The number of aryl methyl sites for hydroxylation is 3. The van der Waals surface area contributed by atoms with Crippen molar-refractivity contribution in [2.24, 2.45) is 0 Å². The highest BCUT2D eigenvalue weighted by Gasteiger charge is 2.20. The number of benzene rings is 1. The van der Waals surface area contributed by atoms with Crippen LogP contribution in [0.15, 0.2) is 29.0 Å². The van der Waals surface area contributed by atoms with E-state index < -0.39 is 11.8 Å². The van der Waals surface area contributed by atoms with Gasteiger partial charge in [-0.3, -0.25) is 9.59 Å². The molecule has 25 heavy (non-hydrogen) atoms. The van der Waals surface area contributed by atoms with Gasteiger partial charge in [-0.1, -0.05) is 17.7 Å². The molecular formula is C19H25N3O2S. The predicted octanol–water partition coefficient (Wildman–Crippen LogP) is 3.03. The van der Waals surface area contributed by atoms with Crippen molar-refractivity contribution in [2.45, 2.75) is 26.8 Å². The average Bonchev–Trinajstić information content (AvgIpc) is 3.04. The lowest BCUT2D eigenvalue weighted by atomic mass is 10.1. The van der Waals surface area contributed by atoms with Crippen LogP contribution in [0.2, 0.25) is 0 Å². The molecule has 5 nitrogen and oxygen atoms in total. The van der Waals surface area contributed by atoms with Gasteiger partial charge in [0.2, 0.25) is 0 Å². The Hall–Kier alpha value is -2.18. The van der Waals surface area contributed by atoms with Gasteiger partial charge in [-0.25, -0.2) is 0 Å². The first-order valence-electron chi connectivity index (χ1n) is 8.15. The third kappa shape index (κ3) is 4.90. The third-order valence-electron chi connectivity index (χ3n) is 4.13. The second kappa shape index (κ2) is 8.27. The molecule has 0 spiro atoms. The molecule has 2 amide bonds. The Balaban J connectivity index is 2.00. The van der Waals surface area contributed by atoms with Gasteiger partial charge in [-0.05, 0) is 68.4 Å². The summed E-state index contributed by atoms with van der Waals surface area (Å²) in [5, 5.41) is 9.52. The van der Waals surface area contributed by atoms with Gasteiger partial charge in [0.25, 0.3) is 0 Å². The summed E-state index contributed by atoms with van der Waals surface area (Å²) < 4.78 is 0. The smallest absolute Gasteiger partial charge is 0.313 e. The number of hydrogen-bond donors (Lipinski definition) is 2. The van der Waals surface area contributed by atoms with E-state index in [-0.39, 0.29) is 6.04 Å². The number of nitrogens with one attached hydrogen (secondary N) is 2. The summed E-state index contributed by atoms with van der Waals surface area (Å²) in [6.07, 6.45) is 0. The zero-order valence-electron chi connectivity index (χ0n) is 15.3. The minimum atomic E-state index is -0.641. The standard InChI is InChI=1S/C19H25N3O2S/c1-12-8-13(2)17(14(3)9-12)21-19(24)18(23)20-10-16(22(4)5)15-6-7-25-11-15/h6-9,11,16H,10H2,1-5H3,(H,20,23)(H,21,24). The van der Waals surface area contributed by atoms with Crippen LogP contribution in [-0.2, 0) is 9.59 Å². The lowest BCUT2D eigenvalue weighted by Crippen LogP contribution is -2.40. The Labute approximate surface area is 153 Å². The summed E-state index contributed by atoms with van der Waals surface area (Å²) >= 11 is 1.61. The van der Waals surface area contributed by atoms with Crippen molar-refractivity contribution in [3.8, 4) is 0 Å². The van der Waals surface area contributed by atoms with Gasteiger partial charge in [-0.15, -0.1) is 0 Å². The molecular weight excluding hydrogens is 334 g/mol. The second-order valence-corrected chi connectivity index (χ2v) is 7.25. The lowest BCUT2D eigenvalue weighted by molar-refractivity contribution is -0.136. The zero-order chi connectivity index (χ0) is 18.6. The van der Waals surface area contributed by atoms with Crippen LogP contribution < -0.4 is 10.6 Å². The van der Waals surface area contributed by atoms with Gasteiger partial charge >= 0.3 is 11.8 Å². The number of anilines is 1. The van der Waals surface area contributed by atoms with Gasteiger partial charge in [0.1, 0.15) is 0 Å². The number of thiophene rings is 1. The van der Waals surface area contributed by atoms with E-state index in [1.807, 2.05) is 63.3 Å². The molecule has 0 saturated heterocycles. The van der Waals surface area contributed by atoms with Crippen LogP contribution in [0.3, 0.4) is 0 Å². The zero-order valence-corrected chi connectivity index (χ0v) is 16.2. The summed E-state index contributed by atoms with van der Waals surface area (Å²) in [6.45, 7) is 6.23. The van der Waals surface area contributed by atoms with Crippen molar-refractivity contribution in [1.29, 1.82) is 0 Å². The largest absolute Gasteiger partial charge is 0.346 e. The van der Waals surface area contributed by atoms with Crippen LogP contribution in [0, 0.1) is 20.8 Å². The van der Waals surface area contributed by atoms with E-state index in [0.29, 0.717) is 12.2 Å². The molecule has 1 atom stereocenters. The van der Waals surface area contributed by atoms with E-state index in [2.05, 4.69) is 16.0 Å². The highest BCUT2D eigenvalue weighted by Crippen LogP contribution is 2.22. The third-order valence-corrected chi connectivity index (χ3v) is 4.83. The summed E-state index contributed by atoms with van der Waals surface area (Å²) in [5.41, 5.74) is 4.85. The number of carbonyl (C=O) groups excluding carboxylic acids is 2. The highest BCUT2D eigenvalue weighted by atomic mass is 32.1. The monoisotopic (exact) mass is 359 g/mol. The fourth-order valence-electron chi connectivity index (χ4n) is 2.88. The molecule has 1 aromatic carbocycles. The highest BCUT2D eigenvalue weighted by molar-refractivity contribution is 7.07. The van der Waals surface area contributed by atoms with Crippen molar-refractivity contribution in [1.82, 2.24) is 10.2 Å². The molecule has 0 radical (unpaired) electrons. The van der Waals surface area contributed by atoms with Gasteiger partial charge in [0.15, 0.2) is 0 Å². The van der Waals surface area contributed by atoms with Crippen molar-refractivity contribution >= 4 is 28.8 Å². The molecule has 1 unspecified atom stereocenters. The Morgan fingerprint density at radius 3 is 2.28 bits per heavy atom.